The minimum atomic E-state index is -1.17. The number of carboxylic acids is 1. The molecule has 1 aliphatic heterocycles. The van der Waals surface area contributed by atoms with Crippen molar-refractivity contribution in [2.24, 2.45) is 5.73 Å². The van der Waals surface area contributed by atoms with Gasteiger partial charge in [0.2, 0.25) is 0 Å². The van der Waals surface area contributed by atoms with E-state index in [1.165, 1.54) is 6.20 Å². The van der Waals surface area contributed by atoms with Crippen molar-refractivity contribution in [3.8, 4) is 0 Å². The number of nitrogens with zero attached hydrogens (tertiary/aromatic N) is 1. The Bertz CT molecular complexity index is 590. The molecule has 0 aliphatic carbocycles. The van der Waals surface area contributed by atoms with Gasteiger partial charge in [0.25, 0.3) is 5.56 Å². The van der Waals surface area contributed by atoms with Gasteiger partial charge in [-0.05, 0) is 6.92 Å². The molecule has 2 heterocycles. The highest BCUT2D eigenvalue weighted by atomic mass is 16.5. The Labute approximate surface area is 101 Å². The van der Waals surface area contributed by atoms with Crippen LogP contribution in [-0.4, -0.2) is 32.8 Å². The molecule has 1 fully saturated rings. The summed E-state index contributed by atoms with van der Waals surface area (Å²) in [4.78, 5) is 35.8. The van der Waals surface area contributed by atoms with E-state index >= 15 is 0 Å². The summed E-state index contributed by atoms with van der Waals surface area (Å²) < 4.78 is 6.37. The summed E-state index contributed by atoms with van der Waals surface area (Å²) >= 11 is 0. The van der Waals surface area contributed by atoms with Crippen molar-refractivity contribution in [3.05, 3.63) is 32.6 Å². The average Bonchev–Trinajstić information content (AvgIpc) is 2.65. The maximum atomic E-state index is 11.6. The Balaban J connectivity index is 2.35. The van der Waals surface area contributed by atoms with Crippen LogP contribution in [0.5, 0.6) is 0 Å². The fourth-order valence-corrected chi connectivity index (χ4v) is 1.90. The van der Waals surface area contributed by atoms with Crippen LogP contribution in [0.1, 0.15) is 18.2 Å². The third-order valence-corrected chi connectivity index (χ3v) is 2.87. The topological polar surface area (TPSA) is 127 Å². The molecule has 0 spiro atoms. The number of H-pyrrole nitrogens is 1. The first-order valence-corrected chi connectivity index (χ1v) is 5.36. The molecule has 0 aromatic carbocycles. The molecule has 8 heteroatoms. The van der Waals surface area contributed by atoms with Crippen LogP contribution >= 0.6 is 0 Å². The molecule has 0 radical (unpaired) electrons. The second kappa shape index (κ2) is 4.39. The summed E-state index contributed by atoms with van der Waals surface area (Å²) in [5.41, 5.74) is 4.85. The van der Waals surface area contributed by atoms with E-state index < -0.39 is 35.6 Å². The number of carbonyl (C=O) groups is 1. The first-order chi connectivity index (χ1) is 8.40. The highest BCUT2D eigenvalue weighted by molar-refractivity contribution is 5.73. The highest BCUT2D eigenvalue weighted by Crippen LogP contribution is 2.26. The lowest BCUT2D eigenvalue weighted by atomic mass is 10.1. The van der Waals surface area contributed by atoms with E-state index in [0.717, 1.165) is 4.57 Å². The number of ether oxygens (including phenoxy) is 1. The van der Waals surface area contributed by atoms with E-state index in [1.54, 1.807) is 6.92 Å². The number of hydrogen-bond donors (Lipinski definition) is 3. The second-order valence-electron chi connectivity index (χ2n) is 4.23. The van der Waals surface area contributed by atoms with Crippen LogP contribution in [0, 0.1) is 6.92 Å². The lowest BCUT2D eigenvalue weighted by Gasteiger charge is -2.13. The molecule has 2 rings (SSSR count). The van der Waals surface area contributed by atoms with Gasteiger partial charge in [0.15, 0.2) is 6.10 Å². The number of aromatic nitrogens is 2. The predicted octanol–water partition coefficient (Wildman–Crippen LogP) is -1.46. The van der Waals surface area contributed by atoms with Gasteiger partial charge in [-0.2, -0.15) is 0 Å². The Morgan fingerprint density at radius 3 is 2.83 bits per heavy atom. The third kappa shape index (κ3) is 2.07. The molecule has 0 saturated carbocycles. The van der Waals surface area contributed by atoms with Crippen molar-refractivity contribution in [1.29, 1.82) is 0 Å². The van der Waals surface area contributed by atoms with Crippen molar-refractivity contribution in [3.63, 3.8) is 0 Å². The molecule has 0 amide bonds. The number of aliphatic carboxylic acids is 1. The zero-order valence-electron chi connectivity index (χ0n) is 9.62. The zero-order chi connectivity index (χ0) is 13.4. The Morgan fingerprint density at radius 2 is 2.28 bits per heavy atom. The van der Waals surface area contributed by atoms with Crippen LogP contribution in [0.15, 0.2) is 15.8 Å². The Kier molecular flexibility index (Phi) is 3.05. The molecule has 0 bridgehead atoms. The maximum Gasteiger partial charge on any atom is 0.334 e. The third-order valence-electron chi connectivity index (χ3n) is 2.87. The van der Waals surface area contributed by atoms with E-state index in [9.17, 15) is 14.4 Å². The summed E-state index contributed by atoms with van der Waals surface area (Å²) in [7, 11) is 0. The number of nitrogens with two attached hydrogens (primary N) is 1. The van der Waals surface area contributed by atoms with Gasteiger partial charge in [-0.1, -0.05) is 0 Å². The fraction of sp³-hybridized carbons (Fsp3) is 0.500. The molecule has 4 N–H and O–H groups in total. The predicted molar refractivity (Wildman–Crippen MR) is 60.2 cm³/mol. The average molecular weight is 255 g/mol. The molecule has 8 nitrogen and oxygen atoms in total. The van der Waals surface area contributed by atoms with Gasteiger partial charge < -0.3 is 15.6 Å². The molecule has 18 heavy (non-hydrogen) atoms. The number of aryl methyl sites for hydroxylation is 1. The SMILES string of the molecule is Cc1cn([C@@H]2C[C@H](N)[C@@H](C(=O)O)O2)c(=O)[nH]c1=O. The molecule has 1 saturated heterocycles. The number of nitrogens with one attached hydrogen (secondary N) is 1. The summed E-state index contributed by atoms with van der Waals surface area (Å²) in [6, 6.07) is -0.688. The van der Waals surface area contributed by atoms with E-state index in [-0.39, 0.29) is 6.42 Å². The lowest BCUT2D eigenvalue weighted by Crippen LogP contribution is -2.36. The molecule has 0 unspecified atom stereocenters. The molecular weight excluding hydrogens is 242 g/mol. The van der Waals surface area contributed by atoms with Crippen LogP contribution < -0.4 is 17.0 Å². The molecule has 3 atom stereocenters. The number of rotatable bonds is 2. The van der Waals surface area contributed by atoms with E-state index in [1.807, 2.05) is 0 Å². The van der Waals surface area contributed by atoms with E-state index in [0.29, 0.717) is 5.56 Å². The van der Waals surface area contributed by atoms with Crippen molar-refractivity contribution in [1.82, 2.24) is 9.55 Å². The van der Waals surface area contributed by atoms with Crippen LogP contribution in [0.3, 0.4) is 0 Å². The van der Waals surface area contributed by atoms with Gasteiger partial charge in [0.1, 0.15) is 6.23 Å². The van der Waals surface area contributed by atoms with Crippen molar-refractivity contribution < 1.29 is 14.6 Å². The fourth-order valence-electron chi connectivity index (χ4n) is 1.90. The Hall–Kier alpha value is -1.93. The quantitative estimate of drug-likeness (QED) is 0.593. The standard InChI is InChI=1S/C10H13N3O5/c1-4-3-13(10(17)12-8(4)14)6-2-5(11)7(18-6)9(15)16/h3,5-7H,2,11H2,1H3,(H,15,16)(H,12,14,17)/t5-,6-,7-/m0/s1. The van der Waals surface area contributed by atoms with Crippen molar-refractivity contribution in [2.45, 2.75) is 31.7 Å². The summed E-state index contributed by atoms with van der Waals surface area (Å²) in [6.07, 6.45) is -0.385. The molecule has 1 aromatic rings. The number of carboxylic acid groups (broad SMARTS) is 1. The minimum Gasteiger partial charge on any atom is -0.479 e. The smallest absolute Gasteiger partial charge is 0.334 e. The summed E-state index contributed by atoms with van der Waals surface area (Å²) in [6.45, 7) is 1.54. The number of aromatic amines is 1. The monoisotopic (exact) mass is 255 g/mol. The van der Waals surface area contributed by atoms with Crippen molar-refractivity contribution in [2.75, 3.05) is 0 Å². The number of hydrogen-bond acceptors (Lipinski definition) is 5. The molecule has 98 valence electrons. The van der Waals surface area contributed by atoms with Gasteiger partial charge in [0.05, 0.1) is 0 Å². The molecule has 1 aromatic heterocycles. The van der Waals surface area contributed by atoms with Crippen LogP contribution in [0.25, 0.3) is 0 Å². The second-order valence-corrected chi connectivity index (χ2v) is 4.23. The van der Waals surface area contributed by atoms with Gasteiger partial charge in [-0.15, -0.1) is 0 Å². The van der Waals surface area contributed by atoms with Crippen LogP contribution in [-0.2, 0) is 9.53 Å². The van der Waals surface area contributed by atoms with Crippen LogP contribution in [0.4, 0.5) is 0 Å². The lowest BCUT2D eigenvalue weighted by molar-refractivity contribution is -0.152. The van der Waals surface area contributed by atoms with Gasteiger partial charge >= 0.3 is 11.7 Å². The first-order valence-electron chi connectivity index (χ1n) is 5.36. The normalized spacial score (nSPS) is 27.3. The van der Waals surface area contributed by atoms with E-state index in [4.69, 9.17) is 15.6 Å². The Morgan fingerprint density at radius 1 is 1.61 bits per heavy atom. The molecular formula is C10H13N3O5. The van der Waals surface area contributed by atoms with Gasteiger partial charge in [-0.25, -0.2) is 9.59 Å². The highest BCUT2D eigenvalue weighted by Gasteiger charge is 2.39. The zero-order valence-corrected chi connectivity index (χ0v) is 9.62. The molecule has 1 aliphatic rings. The minimum absolute atomic E-state index is 0.197. The van der Waals surface area contributed by atoms with Gasteiger partial charge in [0, 0.05) is 24.2 Å². The van der Waals surface area contributed by atoms with Crippen molar-refractivity contribution >= 4 is 5.97 Å². The summed E-state index contributed by atoms with van der Waals surface area (Å²) in [5, 5.41) is 8.87. The largest absolute Gasteiger partial charge is 0.479 e. The first kappa shape index (κ1) is 12.5. The van der Waals surface area contributed by atoms with E-state index in [2.05, 4.69) is 4.98 Å². The summed E-state index contributed by atoms with van der Waals surface area (Å²) in [5.74, 6) is -1.17. The van der Waals surface area contributed by atoms with Crippen LogP contribution in [0.2, 0.25) is 0 Å². The maximum absolute atomic E-state index is 11.6. The van der Waals surface area contributed by atoms with Gasteiger partial charge in [-0.3, -0.25) is 14.3 Å².